The summed E-state index contributed by atoms with van der Waals surface area (Å²) in [6.45, 7) is 0.112. The molecule has 1 saturated heterocycles. The second-order valence-electron chi connectivity index (χ2n) is 8.95. The van der Waals surface area contributed by atoms with E-state index in [1.807, 2.05) is 48.5 Å². The Morgan fingerprint density at radius 1 is 0.789 bits per heavy atom. The van der Waals surface area contributed by atoms with Crippen molar-refractivity contribution in [3.05, 3.63) is 107 Å². The summed E-state index contributed by atoms with van der Waals surface area (Å²) >= 11 is 0. The number of carbonyl (C=O) groups is 2. The molecule has 0 bridgehead atoms. The first-order valence-corrected chi connectivity index (χ1v) is 12.1. The van der Waals surface area contributed by atoms with Gasteiger partial charge in [0.05, 0.1) is 32.9 Å². The molecular formula is C31H27NO6. The average molecular weight is 510 g/mol. The number of amides is 1. The molecule has 192 valence electrons. The average Bonchev–Trinajstić information content (AvgIpc) is 3.21. The van der Waals surface area contributed by atoms with E-state index in [-0.39, 0.29) is 17.9 Å². The number of aliphatic hydroxyl groups is 1. The zero-order valence-electron chi connectivity index (χ0n) is 21.3. The minimum Gasteiger partial charge on any atom is -0.507 e. The van der Waals surface area contributed by atoms with Crippen molar-refractivity contribution in [2.45, 2.75) is 12.6 Å². The normalized spacial score (nSPS) is 16.6. The fourth-order valence-electron chi connectivity index (χ4n) is 4.87. The number of fused-ring (bicyclic) bond motifs is 1. The Balaban J connectivity index is 1.65. The van der Waals surface area contributed by atoms with Crippen LogP contribution in [0.5, 0.6) is 17.2 Å². The largest absolute Gasteiger partial charge is 0.507 e. The number of carbonyl (C=O) groups excluding carboxylic acids is 2. The van der Waals surface area contributed by atoms with Gasteiger partial charge in [0.2, 0.25) is 0 Å². The van der Waals surface area contributed by atoms with E-state index < -0.39 is 17.7 Å². The maximum atomic E-state index is 13.5. The van der Waals surface area contributed by atoms with Gasteiger partial charge in [0.15, 0.2) is 11.5 Å². The lowest BCUT2D eigenvalue weighted by Gasteiger charge is -2.26. The number of benzene rings is 4. The Morgan fingerprint density at radius 3 is 2.29 bits per heavy atom. The summed E-state index contributed by atoms with van der Waals surface area (Å²) in [5.41, 5.74) is 1.87. The number of rotatable bonds is 7. The number of aliphatic hydroxyl groups excluding tert-OH is 1. The molecular weight excluding hydrogens is 482 g/mol. The van der Waals surface area contributed by atoms with Crippen LogP contribution in [0.3, 0.4) is 0 Å². The van der Waals surface area contributed by atoms with Gasteiger partial charge < -0.3 is 24.2 Å². The molecule has 1 N–H and O–H groups in total. The second kappa shape index (κ2) is 10.3. The summed E-state index contributed by atoms with van der Waals surface area (Å²) < 4.78 is 16.2. The van der Waals surface area contributed by atoms with E-state index in [0.717, 1.165) is 16.3 Å². The van der Waals surface area contributed by atoms with Crippen LogP contribution in [0.15, 0.2) is 90.5 Å². The van der Waals surface area contributed by atoms with Crippen LogP contribution in [0.2, 0.25) is 0 Å². The summed E-state index contributed by atoms with van der Waals surface area (Å²) in [6.07, 6.45) is 0. The molecule has 0 radical (unpaired) electrons. The molecule has 4 aromatic rings. The minimum atomic E-state index is -0.829. The first-order chi connectivity index (χ1) is 18.4. The van der Waals surface area contributed by atoms with Crippen LogP contribution in [-0.4, -0.2) is 43.0 Å². The van der Waals surface area contributed by atoms with Crippen molar-refractivity contribution in [2.24, 2.45) is 0 Å². The molecule has 1 amide bonds. The van der Waals surface area contributed by atoms with E-state index in [1.54, 1.807) is 50.6 Å². The van der Waals surface area contributed by atoms with Crippen molar-refractivity contribution in [1.29, 1.82) is 0 Å². The molecule has 5 rings (SSSR count). The third kappa shape index (κ3) is 4.43. The fourth-order valence-corrected chi connectivity index (χ4v) is 4.87. The van der Waals surface area contributed by atoms with Gasteiger partial charge in [0.25, 0.3) is 11.7 Å². The van der Waals surface area contributed by atoms with Crippen LogP contribution in [0.1, 0.15) is 22.7 Å². The maximum absolute atomic E-state index is 13.5. The van der Waals surface area contributed by atoms with Crippen molar-refractivity contribution in [2.75, 3.05) is 21.3 Å². The summed E-state index contributed by atoms with van der Waals surface area (Å²) in [7, 11) is 4.63. The Kier molecular flexibility index (Phi) is 6.75. The van der Waals surface area contributed by atoms with Crippen LogP contribution in [0, 0.1) is 0 Å². The third-order valence-corrected chi connectivity index (χ3v) is 6.77. The Morgan fingerprint density at radius 2 is 1.55 bits per heavy atom. The number of Topliss-reactive ketones (excluding diaryl/α,β-unsaturated/α-hetero) is 1. The summed E-state index contributed by atoms with van der Waals surface area (Å²) in [5, 5.41) is 13.4. The molecule has 7 nitrogen and oxygen atoms in total. The molecule has 4 aromatic carbocycles. The molecule has 0 aliphatic carbocycles. The Hall–Kier alpha value is -4.78. The lowest BCUT2D eigenvalue weighted by atomic mass is 9.94. The van der Waals surface area contributed by atoms with Crippen molar-refractivity contribution >= 4 is 28.2 Å². The number of methoxy groups -OCH3 is 3. The molecule has 1 fully saturated rings. The zero-order valence-corrected chi connectivity index (χ0v) is 21.3. The highest BCUT2D eigenvalue weighted by molar-refractivity contribution is 6.46. The van der Waals surface area contributed by atoms with E-state index in [2.05, 4.69) is 0 Å². The zero-order chi connectivity index (χ0) is 26.8. The van der Waals surface area contributed by atoms with Gasteiger partial charge in [-0.15, -0.1) is 0 Å². The van der Waals surface area contributed by atoms with Gasteiger partial charge >= 0.3 is 0 Å². The molecule has 1 atom stereocenters. The van der Waals surface area contributed by atoms with E-state index in [4.69, 9.17) is 14.2 Å². The van der Waals surface area contributed by atoms with Crippen LogP contribution in [-0.2, 0) is 16.1 Å². The summed E-state index contributed by atoms with van der Waals surface area (Å²) in [6, 6.07) is 24.9. The van der Waals surface area contributed by atoms with Gasteiger partial charge in [-0.3, -0.25) is 9.59 Å². The predicted molar refractivity (Wildman–Crippen MR) is 144 cm³/mol. The smallest absolute Gasteiger partial charge is 0.295 e. The van der Waals surface area contributed by atoms with Crippen molar-refractivity contribution in [3.63, 3.8) is 0 Å². The third-order valence-electron chi connectivity index (χ3n) is 6.77. The number of hydrogen-bond donors (Lipinski definition) is 1. The molecule has 0 spiro atoms. The quantitative estimate of drug-likeness (QED) is 0.202. The van der Waals surface area contributed by atoms with E-state index in [0.29, 0.717) is 28.4 Å². The number of hydrogen-bond acceptors (Lipinski definition) is 6. The van der Waals surface area contributed by atoms with Crippen molar-refractivity contribution < 1.29 is 28.9 Å². The number of likely N-dealkylation sites (tertiary alicyclic amines) is 1. The van der Waals surface area contributed by atoms with Crippen molar-refractivity contribution in [1.82, 2.24) is 4.90 Å². The second-order valence-corrected chi connectivity index (χ2v) is 8.95. The fraction of sp³-hybridized carbons (Fsp3) is 0.161. The van der Waals surface area contributed by atoms with Crippen molar-refractivity contribution in [3.8, 4) is 17.2 Å². The highest BCUT2D eigenvalue weighted by Gasteiger charge is 2.46. The predicted octanol–water partition coefficient (Wildman–Crippen LogP) is 5.49. The van der Waals surface area contributed by atoms with Gasteiger partial charge in [0, 0.05) is 12.1 Å². The first kappa shape index (κ1) is 24.9. The van der Waals surface area contributed by atoms with E-state index >= 15 is 0 Å². The van der Waals surface area contributed by atoms with Crippen LogP contribution >= 0.6 is 0 Å². The topological polar surface area (TPSA) is 85.3 Å². The number of ether oxygens (including phenoxy) is 3. The van der Waals surface area contributed by atoms with Gasteiger partial charge in [-0.1, -0.05) is 54.6 Å². The Labute approximate surface area is 220 Å². The van der Waals surface area contributed by atoms with E-state index in [1.165, 1.54) is 12.0 Å². The van der Waals surface area contributed by atoms with Crippen LogP contribution in [0.25, 0.3) is 16.5 Å². The lowest BCUT2D eigenvalue weighted by Crippen LogP contribution is -2.29. The minimum absolute atomic E-state index is 0.0269. The molecule has 7 heteroatoms. The standard InChI is InChI=1S/C31H27NO6/c1-36-24-10-6-9-22(17-24)28-27(29(33)23-13-12-20-7-4-5-8-21(20)16-23)30(34)31(35)32(28)18-19-11-14-25(37-2)26(15-19)38-3/h4-17,28,33H,18H2,1-3H3/b29-27-. The first-order valence-electron chi connectivity index (χ1n) is 12.1. The van der Waals surface area contributed by atoms with Gasteiger partial charge in [-0.25, -0.2) is 0 Å². The number of ketones is 1. The molecule has 0 aromatic heterocycles. The van der Waals surface area contributed by atoms with E-state index in [9.17, 15) is 14.7 Å². The van der Waals surface area contributed by atoms with Crippen LogP contribution < -0.4 is 14.2 Å². The number of nitrogens with zero attached hydrogens (tertiary/aromatic N) is 1. The molecule has 1 aliphatic heterocycles. The monoisotopic (exact) mass is 509 g/mol. The highest BCUT2D eigenvalue weighted by atomic mass is 16.5. The summed E-state index contributed by atoms with van der Waals surface area (Å²) in [4.78, 5) is 28.4. The lowest BCUT2D eigenvalue weighted by molar-refractivity contribution is -0.140. The van der Waals surface area contributed by atoms with Gasteiger partial charge in [-0.05, 0) is 52.2 Å². The summed E-state index contributed by atoms with van der Waals surface area (Å²) in [5.74, 6) is -0.0322. The molecule has 0 saturated carbocycles. The molecule has 38 heavy (non-hydrogen) atoms. The molecule has 1 heterocycles. The van der Waals surface area contributed by atoms with Gasteiger partial charge in [-0.2, -0.15) is 0 Å². The highest BCUT2D eigenvalue weighted by Crippen LogP contribution is 2.42. The molecule has 1 unspecified atom stereocenters. The maximum Gasteiger partial charge on any atom is 0.295 e. The molecule has 1 aliphatic rings. The Bertz CT molecular complexity index is 1570. The van der Waals surface area contributed by atoms with Crippen LogP contribution in [0.4, 0.5) is 0 Å². The SMILES string of the molecule is COc1cccc(C2/C(=C(/O)c3ccc4ccccc4c3)C(=O)C(=O)N2Cc2ccc(OC)c(OC)c2)c1. The van der Waals surface area contributed by atoms with Gasteiger partial charge in [0.1, 0.15) is 11.5 Å².